The van der Waals surface area contributed by atoms with Crippen LogP contribution in [-0.4, -0.2) is 60.2 Å². The number of ether oxygens (including phenoxy) is 2. The predicted molar refractivity (Wildman–Crippen MR) is 98.4 cm³/mol. The molecule has 1 saturated heterocycles. The zero-order valence-corrected chi connectivity index (χ0v) is 16.3. The molecule has 2 heterocycles. The highest BCUT2D eigenvalue weighted by atomic mass is 16.6. The van der Waals surface area contributed by atoms with Gasteiger partial charge in [0.15, 0.2) is 0 Å². The number of pyridine rings is 1. The number of carbonyl (C=O) groups excluding carboxylic acids is 3. The molecule has 2 amide bonds. The van der Waals surface area contributed by atoms with Crippen molar-refractivity contribution in [2.45, 2.75) is 39.2 Å². The number of carbonyl (C=O) groups is 3. The number of hydrogen-bond acceptors (Lipinski definition) is 6. The molecule has 0 bridgehead atoms. The number of esters is 1. The number of piperidine rings is 1. The standard InChI is InChI=1S/C19H27N3O5/c1-19(2,3)27-18(25)20-11-13-7-6-10-22(12-13)16(23)14-8-5-9-15(21-14)17(24)26-4/h5,8-9,13H,6-7,10-12H2,1-4H3,(H,20,25). The van der Waals surface area contributed by atoms with E-state index >= 15 is 0 Å². The Kier molecular flexibility index (Phi) is 6.76. The van der Waals surface area contributed by atoms with E-state index < -0.39 is 17.7 Å². The maximum absolute atomic E-state index is 12.7. The van der Waals surface area contributed by atoms with Crippen LogP contribution >= 0.6 is 0 Å². The molecule has 0 saturated carbocycles. The Hall–Kier alpha value is -2.64. The largest absolute Gasteiger partial charge is 0.464 e. The Morgan fingerprint density at radius 1 is 1.26 bits per heavy atom. The van der Waals surface area contributed by atoms with Gasteiger partial charge in [-0.05, 0) is 51.7 Å². The first-order chi connectivity index (χ1) is 12.7. The first-order valence-electron chi connectivity index (χ1n) is 9.01. The van der Waals surface area contributed by atoms with Crippen molar-refractivity contribution in [3.05, 3.63) is 29.6 Å². The lowest BCUT2D eigenvalue weighted by atomic mass is 9.97. The molecule has 2 rings (SSSR count). The lowest BCUT2D eigenvalue weighted by Gasteiger charge is -2.32. The summed E-state index contributed by atoms with van der Waals surface area (Å²) in [5.74, 6) is -0.676. The number of nitrogens with one attached hydrogen (secondary N) is 1. The van der Waals surface area contributed by atoms with Crippen LogP contribution in [0.25, 0.3) is 0 Å². The number of alkyl carbamates (subject to hydrolysis) is 1. The van der Waals surface area contributed by atoms with Crippen molar-refractivity contribution in [2.24, 2.45) is 5.92 Å². The fourth-order valence-electron chi connectivity index (χ4n) is 2.89. The highest BCUT2D eigenvalue weighted by Crippen LogP contribution is 2.18. The second-order valence-electron chi connectivity index (χ2n) is 7.54. The van der Waals surface area contributed by atoms with Crippen LogP contribution in [-0.2, 0) is 9.47 Å². The average molecular weight is 377 g/mol. The van der Waals surface area contributed by atoms with Crippen molar-refractivity contribution in [1.29, 1.82) is 0 Å². The van der Waals surface area contributed by atoms with Crippen molar-refractivity contribution in [3.63, 3.8) is 0 Å². The monoisotopic (exact) mass is 377 g/mol. The number of rotatable bonds is 4. The van der Waals surface area contributed by atoms with E-state index in [0.29, 0.717) is 19.6 Å². The second kappa shape index (κ2) is 8.83. The average Bonchev–Trinajstić information content (AvgIpc) is 2.64. The summed E-state index contributed by atoms with van der Waals surface area (Å²) in [6, 6.07) is 4.70. The van der Waals surface area contributed by atoms with Crippen LogP contribution in [0.2, 0.25) is 0 Å². The van der Waals surface area contributed by atoms with E-state index in [2.05, 4.69) is 15.0 Å². The van der Waals surface area contributed by atoms with Gasteiger partial charge in [-0.15, -0.1) is 0 Å². The molecule has 1 fully saturated rings. The molecule has 0 aromatic carbocycles. The van der Waals surface area contributed by atoms with E-state index in [4.69, 9.17) is 4.74 Å². The van der Waals surface area contributed by atoms with Gasteiger partial charge in [-0.3, -0.25) is 4.79 Å². The van der Waals surface area contributed by atoms with Gasteiger partial charge in [0.1, 0.15) is 17.0 Å². The highest BCUT2D eigenvalue weighted by Gasteiger charge is 2.26. The van der Waals surface area contributed by atoms with Crippen molar-refractivity contribution >= 4 is 18.0 Å². The molecule has 1 N–H and O–H groups in total. The van der Waals surface area contributed by atoms with Gasteiger partial charge in [-0.2, -0.15) is 0 Å². The summed E-state index contributed by atoms with van der Waals surface area (Å²) < 4.78 is 9.88. The summed E-state index contributed by atoms with van der Waals surface area (Å²) in [4.78, 5) is 41.9. The number of amides is 2. The van der Waals surface area contributed by atoms with Crippen molar-refractivity contribution < 1.29 is 23.9 Å². The van der Waals surface area contributed by atoms with E-state index in [1.807, 2.05) is 20.8 Å². The summed E-state index contributed by atoms with van der Waals surface area (Å²) in [5, 5.41) is 2.76. The molecule has 1 unspecified atom stereocenters. The van der Waals surface area contributed by atoms with Crippen LogP contribution in [0, 0.1) is 5.92 Å². The van der Waals surface area contributed by atoms with Crippen LogP contribution in [0.1, 0.15) is 54.6 Å². The topological polar surface area (TPSA) is 97.8 Å². The van der Waals surface area contributed by atoms with E-state index in [-0.39, 0.29) is 23.2 Å². The third-order valence-corrected chi connectivity index (χ3v) is 4.10. The van der Waals surface area contributed by atoms with Crippen molar-refractivity contribution in [1.82, 2.24) is 15.2 Å². The van der Waals surface area contributed by atoms with E-state index in [1.165, 1.54) is 13.2 Å². The number of likely N-dealkylation sites (tertiary alicyclic amines) is 1. The molecule has 1 aromatic rings. The van der Waals surface area contributed by atoms with E-state index in [1.54, 1.807) is 17.0 Å². The zero-order chi connectivity index (χ0) is 20.0. The Morgan fingerprint density at radius 3 is 2.63 bits per heavy atom. The van der Waals surface area contributed by atoms with E-state index in [9.17, 15) is 14.4 Å². The molecule has 0 aliphatic carbocycles. The Bertz CT molecular complexity index is 699. The predicted octanol–water partition coefficient (Wildman–Crippen LogP) is 2.25. The maximum Gasteiger partial charge on any atom is 0.407 e. The number of methoxy groups -OCH3 is 1. The third kappa shape index (κ3) is 6.23. The second-order valence-corrected chi connectivity index (χ2v) is 7.54. The summed E-state index contributed by atoms with van der Waals surface area (Å²) in [6.07, 6.45) is 1.29. The summed E-state index contributed by atoms with van der Waals surface area (Å²) in [7, 11) is 1.27. The van der Waals surface area contributed by atoms with Gasteiger partial charge in [-0.25, -0.2) is 14.6 Å². The lowest BCUT2D eigenvalue weighted by Crippen LogP contribution is -2.44. The molecule has 8 heteroatoms. The van der Waals surface area contributed by atoms with Crippen molar-refractivity contribution in [2.75, 3.05) is 26.7 Å². The number of aromatic nitrogens is 1. The molecule has 1 aliphatic rings. The van der Waals surface area contributed by atoms with Crippen LogP contribution < -0.4 is 5.32 Å². The highest BCUT2D eigenvalue weighted by molar-refractivity contribution is 5.94. The van der Waals surface area contributed by atoms with Gasteiger partial charge >= 0.3 is 12.1 Å². The molecule has 1 atom stereocenters. The zero-order valence-electron chi connectivity index (χ0n) is 16.3. The number of nitrogens with zero attached hydrogens (tertiary/aromatic N) is 2. The molecule has 1 aliphatic heterocycles. The summed E-state index contributed by atoms with van der Waals surface area (Å²) in [6.45, 7) is 6.99. The minimum atomic E-state index is -0.581. The molecule has 27 heavy (non-hydrogen) atoms. The first-order valence-corrected chi connectivity index (χ1v) is 9.01. The number of hydrogen-bond donors (Lipinski definition) is 1. The minimum Gasteiger partial charge on any atom is -0.464 e. The normalized spacial score (nSPS) is 17.2. The SMILES string of the molecule is COC(=O)c1cccc(C(=O)N2CCCC(CNC(=O)OC(C)(C)C)C2)n1. The molecule has 0 radical (unpaired) electrons. The minimum absolute atomic E-state index is 0.100. The quantitative estimate of drug-likeness (QED) is 0.808. The molecule has 8 nitrogen and oxygen atoms in total. The Morgan fingerprint density at radius 2 is 1.96 bits per heavy atom. The summed E-state index contributed by atoms with van der Waals surface area (Å²) in [5.41, 5.74) is -0.239. The third-order valence-electron chi connectivity index (χ3n) is 4.10. The van der Waals surface area contributed by atoms with Crippen LogP contribution in [0.5, 0.6) is 0 Å². The van der Waals surface area contributed by atoms with Crippen LogP contribution in [0.4, 0.5) is 4.79 Å². The fraction of sp³-hybridized carbons (Fsp3) is 0.579. The van der Waals surface area contributed by atoms with Crippen molar-refractivity contribution in [3.8, 4) is 0 Å². The fourth-order valence-corrected chi connectivity index (χ4v) is 2.89. The Labute approximate surface area is 159 Å². The molecule has 0 spiro atoms. The van der Waals surface area contributed by atoms with E-state index in [0.717, 1.165) is 12.8 Å². The van der Waals surface area contributed by atoms with Gasteiger partial charge < -0.3 is 19.7 Å². The van der Waals surface area contributed by atoms with Gasteiger partial charge in [-0.1, -0.05) is 6.07 Å². The lowest BCUT2D eigenvalue weighted by molar-refractivity contribution is 0.0501. The molecule has 1 aromatic heterocycles. The summed E-state index contributed by atoms with van der Waals surface area (Å²) >= 11 is 0. The molecule has 148 valence electrons. The molecular formula is C19H27N3O5. The van der Waals surface area contributed by atoms with Crippen LogP contribution in [0.15, 0.2) is 18.2 Å². The Balaban J connectivity index is 1.94. The van der Waals surface area contributed by atoms with Gasteiger partial charge in [0.25, 0.3) is 5.91 Å². The maximum atomic E-state index is 12.7. The first kappa shape index (κ1) is 20.7. The van der Waals surface area contributed by atoms with Gasteiger partial charge in [0, 0.05) is 19.6 Å². The van der Waals surface area contributed by atoms with Gasteiger partial charge in [0.05, 0.1) is 7.11 Å². The smallest absolute Gasteiger partial charge is 0.407 e. The van der Waals surface area contributed by atoms with Gasteiger partial charge in [0.2, 0.25) is 0 Å². The van der Waals surface area contributed by atoms with Crippen LogP contribution in [0.3, 0.4) is 0 Å². The molecular weight excluding hydrogens is 350 g/mol.